The molecular formula is C13H18N2OS. The van der Waals surface area contributed by atoms with Gasteiger partial charge in [0, 0.05) is 17.5 Å². The molecule has 0 aromatic carbocycles. The normalized spacial score (nSPS) is 25.4. The second-order valence-corrected chi connectivity index (χ2v) is 5.85. The molecule has 0 saturated heterocycles. The van der Waals surface area contributed by atoms with Crippen molar-refractivity contribution in [1.29, 1.82) is 0 Å². The van der Waals surface area contributed by atoms with Crippen molar-refractivity contribution in [3.63, 3.8) is 0 Å². The van der Waals surface area contributed by atoms with E-state index >= 15 is 0 Å². The highest BCUT2D eigenvalue weighted by molar-refractivity contribution is 7.10. The van der Waals surface area contributed by atoms with Gasteiger partial charge in [0.1, 0.15) is 6.04 Å². The average molecular weight is 250 g/mol. The van der Waals surface area contributed by atoms with Gasteiger partial charge in [-0.15, -0.1) is 11.3 Å². The molecule has 1 saturated carbocycles. The van der Waals surface area contributed by atoms with Crippen LogP contribution in [0.15, 0.2) is 11.4 Å². The van der Waals surface area contributed by atoms with E-state index in [0.29, 0.717) is 6.04 Å². The lowest BCUT2D eigenvalue weighted by molar-refractivity contribution is -0.137. The summed E-state index contributed by atoms with van der Waals surface area (Å²) in [6, 6.07) is 2.56. The molecule has 2 heterocycles. The minimum Gasteiger partial charge on any atom is -0.338 e. The van der Waals surface area contributed by atoms with Gasteiger partial charge in [0.2, 0.25) is 5.91 Å². The monoisotopic (exact) mass is 250 g/mol. The number of nitrogens with one attached hydrogen (secondary N) is 1. The van der Waals surface area contributed by atoms with Crippen molar-refractivity contribution in [1.82, 2.24) is 10.2 Å². The highest BCUT2D eigenvalue weighted by Gasteiger charge is 2.36. The van der Waals surface area contributed by atoms with Crippen molar-refractivity contribution in [3.05, 3.63) is 21.9 Å². The molecule has 1 atom stereocenters. The molecule has 1 aromatic rings. The summed E-state index contributed by atoms with van der Waals surface area (Å²) in [5.74, 6) is 0.276. The van der Waals surface area contributed by atoms with Gasteiger partial charge < -0.3 is 10.2 Å². The molecule has 92 valence electrons. The Kier molecular flexibility index (Phi) is 2.92. The fourth-order valence-corrected chi connectivity index (χ4v) is 3.81. The van der Waals surface area contributed by atoms with Gasteiger partial charge in [0.25, 0.3) is 0 Å². The summed E-state index contributed by atoms with van der Waals surface area (Å²) >= 11 is 1.70. The molecule has 1 unspecified atom stereocenters. The zero-order chi connectivity index (χ0) is 11.8. The van der Waals surface area contributed by atoms with Crippen molar-refractivity contribution in [2.75, 3.05) is 13.6 Å². The average Bonchev–Trinajstić information content (AvgIpc) is 2.66. The Labute approximate surface area is 106 Å². The molecule has 1 amide bonds. The number of carbonyl (C=O) groups is 1. The fourth-order valence-electron chi connectivity index (χ4n) is 2.75. The first-order valence-electron chi connectivity index (χ1n) is 6.35. The van der Waals surface area contributed by atoms with Gasteiger partial charge in [-0.05, 0) is 49.7 Å². The molecular weight excluding hydrogens is 232 g/mol. The van der Waals surface area contributed by atoms with E-state index < -0.39 is 0 Å². The number of amides is 1. The Morgan fingerprint density at radius 2 is 2.29 bits per heavy atom. The molecule has 3 rings (SSSR count). The molecule has 2 aliphatic rings. The molecule has 4 heteroatoms. The Balaban J connectivity index is 1.90. The number of nitrogens with zero attached hydrogens (tertiary/aromatic N) is 1. The molecule has 1 aliphatic heterocycles. The lowest BCUT2D eigenvalue weighted by Crippen LogP contribution is -2.48. The van der Waals surface area contributed by atoms with Crippen molar-refractivity contribution >= 4 is 17.2 Å². The number of thiophene rings is 1. The third kappa shape index (κ3) is 1.79. The second kappa shape index (κ2) is 4.42. The number of fused-ring (bicyclic) bond motifs is 1. The van der Waals surface area contributed by atoms with Crippen LogP contribution < -0.4 is 5.32 Å². The number of hydrogen-bond donors (Lipinski definition) is 1. The van der Waals surface area contributed by atoms with Crippen LogP contribution in [0.3, 0.4) is 0 Å². The minimum atomic E-state index is -0.118. The van der Waals surface area contributed by atoms with Crippen LogP contribution >= 0.6 is 11.3 Å². The SMILES string of the molecule is CNC1C(=O)N(C2CCC2)CCc2ccsc21. The van der Waals surface area contributed by atoms with E-state index in [4.69, 9.17) is 0 Å². The molecule has 3 nitrogen and oxygen atoms in total. The molecule has 0 spiro atoms. The van der Waals surface area contributed by atoms with Crippen LogP contribution in [0.1, 0.15) is 35.7 Å². The van der Waals surface area contributed by atoms with E-state index in [-0.39, 0.29) is 11.9 Å². The smallest absolute Gasteiger partial charge is 0.245 e. The van der Waals surface area contributed by atoms with Crippen LogP contribution in [0.5, 0.6) is 0 Å². The second-order valence-electron chi connectivity index (χ2n) is 4.90. The number of hydrogen-bond acceptors (Lipinski definition) is 3. The van der Waals surface area contributed by atoms with Gasteiger partial charge >= 0.3 is 0 Å². The lowest BCUT2D eigenvalue weighted by Gasteiger charge is -2.38. The van der Waals surface area contributed by atoms with Crippen LogP contribution in [0, 0.1) is 0 Å². The van der Waals surface area contributed by atoms with Crippen LogP contribution in [0.4, 0.5) is 0 Å². The summed E-state index contributed by atoms with van der Waals surface area (Å²) in [6.45, 7) is 0.894. The molecule has 0 bridgehead atoms. The first kappa shape index (κ1) is 11.2. The Morgan fingerprint density at radius 1 is 1.47 bits per heavy atom. The third-order valence-electron chi connectivity index (χ3n) is 4.00. The molecule has 1 aromatic heterocycles. The van der Waals surface area contributed by atoms with Gasteiger partial charge in [-0.3, -0.25) is 4.79 Å². The van der Waals surface area contributed by atoms with Crippen molar-refractivity contribution in [2.45, 2.75) is 37.8 Å². The van der Waals surface area contributed by atoms with Crippen LogP contribution in [0.25, 0.3) is 0 Å². The maximum atomic E-state index is 12.5. The zero-order valence-corrected chi connectivity index (χ0v) is 10.9. The molecule has 0 radical (unpaired) electrons. The Hall–Kier alpha value is -0.870. The summed E-state index contributed by atoms with van der Waals surface area (Å²) in [5.41, 5.74) is 1.35. The van der Waals surface area contributed by atoms with E-state index in [1.807, 2.05) is 7.05 Å². The van der Waals surface area contributed by atoms with Crippen LogP contribution in [-0.4, -0.2) is 30.4 Å². The zero-order valence-electron chi connectivity index (χ0n) is 10.1. The highest BCUT2D eigenvalue weighted by atomic mass is 32.1. The predicted octanol–water partition coefficient (Wildman–Crippen LogP) is 1.95. The Morgan fingerprint density at radius 3 is 2.94 bits per heavy atom. The molecule has 1 fully saturated rings. The number of likely N-dealkylation sites (N-methyl/N-ethyl adjacent to an activating group) is 1. The van der Waals surface area contributed by atoms with Gasteiger partial charge in [0.15, 0.2) is 0 Å². The van der Waals surface area contributed by atoms with E-state index in [0.717, 1.165) is 13.0 Å². The van der Waals surface area contributed by atoms with Crippen LogP contribution in [0.2, 0.25) is 0 Å². The lowest BCUT2D eigenvalue weighted by atomic mass is 9.91. The number of carbonyl (C=O) groups excluding carboxylic acids is 1. The van der Waals surface area contributed by atoms with Crippen molar-refractivity contribution < 1.29 is 4.79 Å². The highest BCUT2D eigenvalue weighted by Crippen LogP contribution is 2.33. The first-order valence-corrected chi connectivity index (χ1v) is 7.23. The molecule has 1 aliphatic carbocycles. The summed E-state index contributed by atoms with van der Waals surface area (Å²) in [6.07, 6.45) is 4.67. The van der Waals surface area contributed by atoms with Gasteiger partial charge in [-0.25, -0.2) is 0 Å². The maximum Gasteiger partial charge on any atom is 0.245 e. The molecule has 1 N–H and O–H groups in total. The van der Waals surface area contributed by atoms with Crippen molar-refractivity contribution in [2.24, 2.45) is 0 Å². The first-order chi connectivity index (χ1) is 8.31. The summed E-state index contributed by atoms with van der Waals surface area (Å²) in [4.78, 5) is 15.9. The quantitative estimate of drug-likeness (QED) is 0.870. The summed E-state index contributed by atoms with van der Waals surface area (Å²) < 4.78 is 0. The van der Waals surface area contributed by atoms with E-state index in [1.54, 1.807) is 11.3 Å². The summed E-state index contributed by atoms with van der Waals surface area (Å²) in [7, 11) is 1.89. The third-order valence-corrected chi connectivity index (χ3v) is 5.02. The summed E-state index contributed by atoms with van der Waals surface area (Å²) in [5, 5.41) is 5.29. The minimum absolute atomic E-state index is 0.118. The van der Waals surface area contributed by atoms with Crippen LogP contribution in [-0.2, 0) is 11.2 Å². The van der Waals surface area contributed by atoms with Gasteiger partial charge in [0.05, 0.1) is 0 Å². The largest absolute Gasteiger partial charge is 0.338 e. The fraction of sp³-hybridized carbons (Fsp3) is 0.615. The topological polar surface area (TPSA) is 32.3 Å². The van der Waals surface area contributed by atoms with E-state index in [1.165, 1.54) is 29.7 Å². The van der Waals surface area contributed by atoms with E-state index in [2.05, 4.69) is 21.7 Å². The maximum absolute atomic E-state index is 12.5. The number of rotatable bonds is 2. The predicted molar refractivity (Wildman–Crippen MR) is 69.2 cm³/mol. The van der Waals surface area contributed by atoms with E-state index in [9.17, 15) is 4.79 Å². The standard InChI is InChI=1S/C13H18N2OS/c1-14-11-12-9(6-8-17-12)5-7-15(13(11)16)10-3-2-4-10/h6,8,10-11,14H,2-5,7H2,1H3. The molecule has 17 heavy (non-hydrogen) atoms. The Bertz CT molecular complexity index is 425. The van der Waals surface area contributed by atoms with Crippen molar-refractivity contribution in [3.8, 4) is 0 Å². The van der Waals surface area contributed by atoms with Gasteiger partial charge in [-0.2, -0.15) is 0 Å². The van der Waals surface area contributed by atoms with Gasteiger partial charge in [-0.1, -0.05) is 0 Å².